The number of amides is 1. The van der Waals surface area contributed by atoms with Gasteiger partial charge < -0.3 is 10.3 Å². The zero-order chi connectivity index (χ0) is 19.6. The van der Waals surface area contributed by atoms with E-state index in [0.717, 1.165) is 44.4 Å². The van der Waals surface area contributed by atoms with Gasteiger partial charge in [-0.2, -0.15) is 0 Å². The number of carbonyl (C=O) groups is 1. The van der Waals surface area contributed by atoms with Gasteiger partial charge in [0.15, 0.2) is 0 Å². The SMILES string of the molecule is O=C(Cc1cccc2ccccc12)Nc1ccccc1-c1nc2ccccc2[nH]1. The van der Waals surface area contributed by atoms with E-state index in [1.807, 2.05) is 72.8 Å². The Morgan fingerprint density at radius 2 is 1.59 bits per heavy atom. The van der Waals surface area contributed by atoms with E-state index >= 15 is 0 Å². The third-order valence-corrected chi connectivity index (χ3v) is 5.08. The topological polar surface area (TPSA) is 57.8 Å². The van der Waals surface area contributed by atoms with Crippen LogP contribution in [0.25, 0.3) is 33.2 Å². The predicted molar refractivity (Wildman–Crippen MR) is 118 cm³/mol. The van der Waals surface area contributed by atoms with E-state index in [0.29, 0.717) is 6.42 Å². The Morgan fingerprint density at radius 3 is 2.52 bits per heavy atom. The molecule has 1 heterocycles. The third kappa shape index (κ3) is 3.36. The van der Waals surface area contributed by atoms with E-state index in [1.54, 1.807) is 0 Å². The maximum Gasteiger partial charge on any atom is 0.228 e. The van der Waals surface area contributed by atoms with Gasteiger partial charge in [0, 0.05) is 5.56 Å². The van der Waals surface area contributed by atoms with Crippen molar-refractivity contribution >= 4 is 33.4 Å². The number of hydrogen-bond acceptors (Lipinski definition) is 2. The molecule has 0 fully saturated rings. The number of H-pyrrole nitrogens is 1. The van der Waals surface area contributed by atoms with Gasteiger partial charge in [-0.25, -0.2) is 4.98 Å². The number of aromatic nitrogens is 2. The lowest BCUT2D eigenvalue weighted by Gasteiger charge is -2.11. The molecule has 5 aromatic rings. The van der Waals surface area contributed by atoms with Crippen LogP contribution in [0, 0.1) is 0 Å². The molecular weight excluding hydrogens is 358 g/mol. The van der Waals surface area contributed by atoms with E-state index in [1.165, 1.54) is 0 Å². The van der Waals surface area contributed by atoms with Crippen LogP contribution in [0.5, 0.6) is 0 Å². The smallest absolute Gasteiger partial charge is 0.228 e. The largest absolute Gasteiger partial charge is 0.338 e. The Labute approximate surface area is 168 Å². The molecule has 0 saturated heterocycles. The maximum absolute atomic E-state index is 12.8. The van der Waals surface area contributed by atoms with Crippen LogP contribution in [-0.4, -0.2) is 15.9 Å². The van der Waals surface area contributed by atoms with Gasteiger partial charge in [0.05, 0.1) is 23.1 Å². The van der Waals surface area contributed by atoms with Crippen LogP contribution in [-0.2, 0) is 11.2 Å². The highest BCUT2D eigenvalue weighted by Gasteiger charge is 2.13. The fraction of sp³-hybridized carbons (Fsp3) is 0.0400. The summed E-state index contributed by atoms with van der Waals surface area (Å²) in [6, 6.07) is 29.8. The predicted octanol–water partition coefficient (Wildman–Crippen LogP) is 5.56. The number of anilines is 1. The van der Waals surface area contributed by atoms with E-state index in [4.69, 9.17) is 0 Å². The van der Waals surface area contributed by atoms with Crippen molar-refractivity contribution in [1.29, 1.82) is 0 Å². The van der Waals surface area contributed by atoms with Gasteiger partial charge >= 0.3 is 0 Å². The molecule has 4 aromatic carbocycles. The van der Waals surface area contributed by atoms with Gasteiger partial charge in [0.25, 0.3) is 0 Å². The van der Waals surface area contributed by atoms with Crippen LogP contribution in [0.15, 0.2) is 91.0 Å². The summed E-state index contributed by atoms with van der Waals surface area (Å²) in [4.78, 5) is 20.8. The molecule has 0 saturated carbocycles. The molecule has 0 radical (unpaired) electrons. The molecule has 0 atom stereocenters. The third-order valence-electron chi connectivity index (χ3n) is 5.08. The van der Waals surface area contributed by atoms with Crippen molar-refractivity contribution in [3.8, 4) is 11.4 Å². The van der Waals surface area contributed by atoms with Crippen molar-refractivity contribution in [2.45, 2.75) is 6.42 Å². The zero-order valence-corrected chi connectivity index (χ0v) is 15.7. The van der Waals surface area contributed by atoms with Crippen molar-refractivity contribution < 1.29 is 4.79 Å². The Bertz CT molecular complexity index is 1300. The lowest BCUT2D eigenvalue weighted by molar-refractivity contribution is -0.115. The van der Waals surface area contributed by atoms with Gasteiger partial charge in [-0.1, -0.05) is 66.7 Å². The number of carbonyl (C=O) groups excluding carboxylic acids is 1. The van der Waals surface area contributed by atoms with Crippen LogP contribution in [0.2, 0.25) is 0 Å². The first kappa shape index (κ1) is 17.2. The highest BCUT2D eigenvalue weighted by Crippen LogP contribution is 2.28. The Balaban J connectivity index is 1.44. The van der Waals surface area contributed by atoms with E-state index < -0.39 is 0 Å². The van der Waals surface area contributed by atoms with Gasteiger partial charge in [0.2, 0.25) is 5.91 Å². The molecule has 29 heavy (non-hydrogen) atoms. The minimum Gasteiger partial charge on any atom is -0.338 e. The second kappa shape index (κ2) is 7.24. The summed E-state index contributed by atoms with van der Waals surface area (Å²) in [6.45, 7) is 0. The van der Waals surface area contributed by atoms with E-state index in [9.17, 15) is 4.79 Å². The summed E-state index contributed by atoms with van der Waals surface area (Å²) in [6.07, 6.45) is 0.315. The van der Waals surface area contributed by atoms with Crippen molar-refractivity contribution in [2.24, 2.45) is 0 Å². The summed E-state index contributed by atoms with van der Waals surface area (Å²) in [5, 5.41) is 5.31. The number of aromatic amines is 1. The lowest BCUT2D eigenvalue weighted by atomic mass is 10.0. The van der Waals surface area contributed by atoms with Gasteiger partial charge in [-0.15, -0.1) is 0 Å². The van der Waals surface area contributed by atoms with Crippen molar-refractivity contribution in [2.75, 3.05) is 5.32 Å². The molecule has 0 unspecified atom stereocenters. The molecule has 1 aromatic heterocycles. The first-order valence-corrected chi connectivity index (χ1v) is 9.58. The standard InChI is InChI=1S/C25H19N3O/c29-24(16-18-10-7-9-17-8-1-2-11-19(17)18)26-21-13-4-3-12-20(21)25-27-22-14-5-6-15-23(22)28-25/h1-15H,16H2,(H,26,29)(H,27,28). The molecule has 0 spiro atoms. The molecule has 0 aliphatic rings. The van der Waals surface area contributed by atoms with Crippen LogP contribution in [0.4, 0.5) is 5.69 Å². The summed E-state index contributed by atoms with van der Waals surface area (Å²) >= 11 is 0. The Hall–Kier alpha value is -3.92. The van der Waals surface area contributed by atoms with Crippen LogP contribution < -0.4 is 5.32 Å². The molecule has 2 N–H and O–H groups in total. The average Bonchev–Trinajstić information content (AvgIpc) is 3.18. The molecule has 5 rings (SSSR count). The fourth-order valence-electron chi connectivity index (χ4n) is 3.69. The minimum atomic E-state index is -0.0510. The first-order chi connectivity index (χ1) is 14.3. The summed E-state index contributed by atoms with van der Waals surface area (Å²) < 4.78 is 0. The molecule has 4 heteroatoms. The van der Waals surface area contributed by atoms with Gasteiger partial charge in [-0.05, 0) is 40.6 Å². The molecular formula is C25H19N3O. The van der Waals surface area contributed by atoms with Crippen molar-refractivity contribution in [1.82, 2.24) is 9.97 Å². The molecule has 0 aliphatic heterocycles. The van der Waals surface area contributed by atoms with E-state index in [2.05, 4.69) is 33.5 Å². The Morgan fingerprint density at radius 1 is 0.828 bits per heavy atom. The highest BCUT2D eigenvalue weighted by atomic mass is 16.1. The van der Waals surface area contributed by atoms with Crippen molar-refractivity contribution in [3.05, 3.63) is 96.6 Å². The van der Waals surface area contributed by atoms with Crippen molar-refractivity contribution in [3.63, 3.8) is 0 Å². The quantitative estimate of drug-likeness (QED) is 0.430. The number of hydrogen-bond donors (Lipinski definition) is 2. The molecule has 0 bridgehead atoms. The maximum atomic E-state index is 12.8. The van der Waals surface area contributed by atoms with Crippen LogP contribution in [0.3, 0.4) is 0 Å². The number of imidazole rings is 1. The molecule has 4 nitrogen and oxygen atoms in total. The summed E-state index contributed by atoms with van der Waals surface area (Å²) in [5.41, 5.74) is 4.51. The number of para-hydroxylation sites is 3. The Kier molecular flexibility index (Phi) is 4.30. The fourth-order valence-corrected chi connectivity index (χ4v) is 3.69. The number of benzene rings is 4. The lowest BCUT2D eigenvalue weighted by Crippen LogP contribution is -2.15. The zero-order valence-electron chi connectivity index (χ0n) is 15.7. The minimum absolute atomic E-state index is 0.0510. The normalized spacial score (nSPS) is 11.0. The molecule has 0 aliphatic carbocycles. The number of nitrogens with zero attached hydrogens (tertiary/aromatic N) is 1. The molecule has 1 amide bonds. The molecule has 140 valence electrons. The number of fused-ring (bicyclic) bond motifs is 2. The summed E-state index contributed by atoms with van der Waals surface area (Å²) in [7, 11) is 0. The second-order valence-corrected chi connectivity index (χ2v) is 7.01. The average molecular weight is 377 g/mol. The van der Waals surface area contributed by atoms with Gasteiger partial charge in [0.1, 0.15) is 5.82 Å². The highest BCUT2D eigenvalue weighted by molar-refractivity contribution is 5.99. The number of rotatable bonds is 4. The van der Waals surface area contributed by atoms with E-state index in [-0.39, 0.29) is 5.91 Å². The van der Waals surface area contributed by atoms with Gasteiger partial charge in [-0.3, -0.25) is 4.79 Å². The second-order valence-electron chi connectivity index (χ2n) is 7.01. The summed E-state index contributed by atoms with van der Waals surface area (Å²) in [5.74, 6) is 0.692. The van der Waals surface area contributed by atoms with Crippen LogP contribution in [0.1, 0.15) is 5.56 Å². The van der Waals surface area contributed by atoms with Crippen LogP contribution >= 0.6 is 0 Å². The first-order valence-electron chi connectivity index (χ1n) is 9.58. The number of nitrogens with one attached hydrogen (secondary N) is 2. The monoisotopic (exact) mass is 377 g/mol.